The van der Waals surface area contributed by atoms with Crippen molar-refractivity contribution >= 4 is 5.91 Å². The van der Waals surface area contributed by atoms with Gasteiger partial charge in [-0.3, -0.25) is 4.79 Å². The standard InChI is InChI=1S/C17H26N2O5/c1-21-12-9-14(22-2)13(15(10-12)23-3)11-19-16(20)17(24-4)5-7-18-8-6-17/h9-10,18H,5-8,11H2,1-4H3,(H,19,20). The molecule has 1 aliphatic rings. The fourth-order valence-electron chi connectivity index (χ4n) is 2.94. The molecule has 1 amide bonds. The second kappa shape index (κ2) is 8.21. The summed E-state index contributed by atoms with van der Waals surface area (Å²) in [6.07, 6.45) is 1.29. The van der Waals surface area contributed by atoms with Gasteiger partial charge in [0.1, 0.15) is 22.8 Å². The summed E-state index contributed by atoms with van der Waals surface area (Å²) >= 11 is 0. The molecule has 0 saturated carbocycles. The number of rotatable bonds is 7. The molecule has 7 heteroatoms. The van der Waals surface area contributed by atoms with E-state index in [2.05, 4.69) is 10.6 Å². The molecule has 134 valence electrons. The fourth-order valence-corrected chi connectivity index (χ4v) is 2.94. The first-order valence-corrected chi connectivity index (χ1v) is 7.93. The van der Waals surface area contributed by atoms with E-state index >= 15 is 0 Å². The topological polar surface area (TPSA) is 78.1 Å². The fraction of sp³-hybridized carbons (Fsp3) is 0.588. The van der Waals surface area contributed by atoms with Crippen molar-refractivity contribution in [2.45, 2.75) is 25.0 Å². The summed E-state index contributed by atoms with van der Waals surface area (Å²) in [7, 11) is 6.31. The summed E-state index contributed by atoms with van der Waals surface area (Å²) in [5.41, 5.74) is -0.0209. The number of carbonyl (C=O) groups is 1. The van der Waals surface area contributed by atoms with Gasteiger partial charge in [-0.1, -0.05) is 0 Å². The molecular formula is C17H26N2O5. The van der Waals surface area contributed by atoms with E-state index in [0.717, 1.165) is 18.7 Å². The Labute approximate surface area is 142 Å². The molecule has 1 aliphatic heterocycles. The van der Waals surface area contributed by atoms with Crippen LogP contribution in [-0.2, 0) is 16.1 Å². The lowest BCUT2D eigenvalue weighted by molar-refractivity contribution is -0.146. The SMILES string of the molecule is COc1cc(OC)c(CNC(=O)C2(OC)CCNCC2)c(OC)c1. The number of methoxy groups -OCH3 is 4. The number of ether oxygens (including phenoxy) is 4. The Morgan fingerprint density at radius 3 is 2.12 bits per heavy atom. The number of nitrogens with one attached hydrogen (secondary N) is 2. The summed E-state index contributed by atoms with van der Waals surface area (Å²) in [5, 5.41) is 6.19. The maximum Gasteiger partial charge on any atom is 0.252 e. The van der Waals surface area contributed by atoms with Crippen molar-refractivity contribution in [3.05, 3.63) is 17.7 Å². The monoisotopic (exact) mass is 338 g/mol. The van der Waals surface area contributed by atoms with Crippen LogP contribution in [0.2, 0.25) is 0 Å². The number of amides is 1. The Bertz CT molecular complexity index is 545. The van der Waals surface area contributed by atoms with Crippen molar-refractivity contribution in [2.24, 2.45) is 0 Å². The first-order valence-electron chi connectivity index (χ1n) is 7.93. The zero-order chi connectivity index (χ0) is 17.6. The molecule has 1 saturated heterocycles. The number of benzene rings is 1. The molecule has 0 aliphatic carbocycles. The van der Waals surface area contributed by atoms with E-state index in [0.29, 0.717) is 30.1 Å². The van der Waals surface area contributed by atoms with Crippen LogP contribution < -0.4 is 24.8 Å². The number of hydrogen-bond donors (Lipinski definition) is 2. The average molecular weight is 338 g/mol. The lowest BCUT2D eigenvalue weighted by Gasteiger charge is -2.34. The average Bonchev–Trinajstić information content (AvgIpc) is 2.65. The van der Waals surface area contributed by atoms with Gasteiger partial charge in [-0.05, 0) is 25.9 Å². The van der Waals surface area contributed by atoms with Gasteiger partial charge in [-0.15, -0.1) is 0 Å². The molecule has 0 spiro atoms. The maximum absolute atomic E-state index is 12.7. The molecule has 24 heavy (non-hydrogen) atoms. The maximum atomic E-state index is 12.7. The molecule has 0 radical (unpaired) electrons. The van der Waals surface area contributed by atoms with Crippen LogP contribution >= 0.6 is 0 Å². The summed E-state index contributed by atoms with van der Waals surface area (Å²) in [6.45, 7) is 1.81. The van der Waals surface area contributed by atoms with E-state index in [1.165, 1.54) is 0 Å². The van der Waals surface area contributed by atoms with E-state index in [4.69, 9.17) is 18.9 Å². The molecule has 1 aromatic carbocycles. The lowest BCUT2D eigenvalue weighted by Crippen LogP contribution is -2.53. The van der Waals surface area contributed by atoms with Crippen LogP contribution in [0, 0.1) is 0 Å². The second-order valence-electron chi connectivity index (χ2n) is 5.64. The predicted molar refractivity (Wildman–Crippen MR) is 89.8 cm³/mol. The summed E-state index contributed by atoms with van der Waals surface area (Å²) in [4.78, 5) is 12.7. The van der Waals surface area contributed by atoms with Gasteiger partial charge < -0.3 is 29.6 Å². The van der Waals surface area contributed by atoms with Crippen LogP contribution in [0.4, 0.5) is 0 Å². The Balaban J connectivity index is 2.17. The number of carbonyl (C=O) groups excluding carboxylic acids is 1. The molecule has 7 nitrogen and oxygen atoms in total. The van der Waals surface area contributed by atoms with E-state index in [1.54, 1.807) is 40.6 Å². The predicted octanol–water partition coefficient (Wildman–Crippen LogP) is 1.10. The van der Waals surface area contributed by atoms with Gasteiger partial charge in [0.15, 0.2) is 0 Å². The van der Waals surface area contributed by atoms with Gasteiger partial charge >= 0.3 is 0 Å². The normalized spacial score (nSPS) is 16.3. The van der Waals surface area contributed by atoms with Gasteiger partial charge in [0.05, 0.1) is 33.4 Å². The summed E-state index contributed by atoms with van der Waals surface area (Å²) in [6, 6.07) is 3.53. The highest BCUT2D eigenvalue weighted by Gasteiger charge is 2.39. The van der Waals surface area contributed by atoms with Crippen LogP contribution in [0.1, 0.15) is 18.4 Å². The molecule has 0 aromatic heterocycles. The van der Waals surface area contributed by atoms with Crippen molar-refractivity contribution in [3.63, 3.8) is 0 Å². The molecule has 1 aromatic rings. The highest BCUT2D eigenvalue weighted by Crippen LogP contribution is 2.34. The minimum absolute atomic E-state index is 0.119. The molecular weight excluding hydrogens is 312 g/mol. The van der Waals surface area contributed by atoms with E-state index < -0.39 is 5.60 Å². The zero-order valence-corrected chi connectivity index (χ0v) is 14.7. The Kier molecular flexibility index (Phi) is 6.28. The first-order chi connectivity index (χ1) is 11.6. The third-order valence-electron chi connectivity index (χ3n) is 4.46. The van der Waals surface area contributed by atoms with Crippen molar-refractivity contribution in [1.82, 2.24) is 10.6 Å². The van der Waals surface area contributed by atoms with Crippen molar-refractivity contribution in [1.29, 1.82) is 0 Å². The quantitative estimate of drug-likeness (QED) is 0.775. The smallest absolute Gasteiger partial charge is 0.252 e. The van der Waals surface area contributed by atoms with Crippen LogP contribution in [-0.4, -0.2) is 53.0 Å². The highest BCUT2D eigenvalue weighted by molar-refractivity contribution is 5.85. The van der Waals surface area contributed by atoms with Crippen LogP contribution in [0.3, 0.4) is 0 Å². The number of piperidine rings is 1. The third kappa shape index (κ3) is 3.73. The van der Waals surface area contributed by atoms with Crippen molar-refractivity contribution < 1.29 is 23.7 Å². The highest BCUT2D eigenvalue weighted by atomic mass is 16.5. The Hall–Kier alpha value is -1.99. The molecule has 0 atom stereocenters. The molecule has 0 bridgehead atoms. The van der Waals surface area contributed by atoms with Gasteiger partial charge in [0.25, 0.3) is 5.91 Å². The third-order valence-corrected chi connectivity index (χ3v) is 4.46. The number of hydrogen-bond acceptors (Lipinski definition) is 6. The summed E-state index contributed by atoms with van der Waals surface area (Å²) < 4.78 is 21.6. The molecule has 1 heterocycles. The molecule has 1 fully saturated rings. The zero-order valence-electron chi connectivity index (χ0n) is 14.7. The first kappa shape index (κ1) is 18.4. The van der Waals surface area contributed by atoms with E-state index in [9.17, 15) is 4.79 Å². The molecule has 0 unspecified atom stereocenters. The lowest BCUT2D eigenvalue weighted by atomic mass is 9.91. The van der Waals surface area contributed by atoms with Crippen LogP contribution in [0.15, 0.2) is 12.1 Å². The van der Waals surface area contributed by atoms with Gasteiger partial charge in [-0.25, -0.2) is 0 Å². The van der Waals surface area contributed by atoms with E-state index in [-0.39, 0.29) is 12.5 Å². The van der Waals surface area contributed by atoms with Gasteiger partial charge in [0, 0.05) is 19.2 Å². The minimum atomic E-state index is -0.780. The molecule has 2 N–H and O–H groups in total. The van der Waals surface area contributed by atoms with Crippen molar-refractivity contribution in [3.8, 4) is 17.2 Å². The van der Waals surface area contributed by atoms with Gasteiger partial charge in [-0.2, -0.15) is 0 Å². The van der Waals surface area contributed by atoms with Crippen molar-refractivity contribution in [2.75, 3.05) is 41.5 Å². The second-order valence-corrected chi connectivity index (χ2v) is 5.64. The molecule has 2 rings (SSSR count). The van der Waals surface area contributed by atoms with Crippen LogP contribution in [0.25, 0.3) is 0 Å². The van der Waals surface area contributed by atoms with Gasteiger partial charge in [0.2, 0.25) is 0 Å². The van der Waals surface area contributed by atoms with Crippen LogP contribution in [0.5, 0.6) is 17.2 Å². The largest absolute Gasteiger partial charge is 0.496 e. The Morgan fingerprint density at radius 1 is 1.08 bits per heavy atom. The summed E-state index contributed by atoms with van der Waals surface area (Å²) in [5.74, 6) is 1.71. The Morgan fingerprint density at radius 2 is 1.67 bits per heavy atom. The van der Waals surface area contributed by atoms with E-state index in [1.807, 2.05) is 0 Å². The minimum Gasteiger partial charge on any atom is -0.496 e.